The van der Waals surface area contributed by atoms with E-state index in [0.29, 0.717) is 12.3 Å². The van der Waals surface area contributed by atoms with Crippen LogP contribution in [0.2, 0.25) is 0 Å². The lowest BCUT2D eigenvalue weighted by molar-refractivity contribution is -0.128. The lowest BCUT2D eigenvalue weighted by atomic mass is 10.1. The summed E-state index contributed by atoms with van der Waals surface area (Å²) in [5.74, 6) is -0.173. The molecular weight excluding hydrogens is 318 g/mol. The monoisotopic (exact) mass is 339 g/mol. The third-order valence-corrected chi connectivity index (χ3v) is 4.57. The number of benzene rings is 2. The van der Waals surface area contributed by atoms with Crippen LogP contribution in [0.25, 0.3) is 21.9 Å². The van der Waals surface area contributed by atoms with E-state index in [1.165, 1.54) is 0 Å². The highest BCUT2D eigenvalue weighted by molar-refractivity contribution is 6.06. The Morgan fingerprint density at radius 3 is 2.92 bits per heavy atom. The largest absolute Gasteiger partial charge is 0.456 e. The maximum absolute atomic E-state index is 12.3. The molecule has 0 radical (unpaired) electrons. The van der Waals surface area contributed by atoms with Gasteiger partial charge in [0.05, 0.1) is 12.7 Å². The van der Waals surface area contributed by atoms with Crippen molar-refractivity contribution in [1.82, 2.24) is 0 Å². The molecule has 2 unspecified atom stereocenters. The fourth-order valence-corrected chi connectivity index (χ4v) is 3.15. The zero-order valence-corrected chi connectivity index (χ0v) is 14.2. The van der Waals surface area contributed by atoms with Crippen LogP contribution in [-0.2, 0) is 14.3 Å². The van der Waals surface area contributed by atoms with Gasteiger partial charge in [-0.25, -0.2) is 0 Å². The minimum atomic E-state index is -0.532. The lowest BCUT2D eigenvalue weighted by Crippen LogP contribution is -2.30. The quantitative estimate of drug-likeness (QED) is 0.760. The summed E-state index contributed by atoms with van der Waals surface area (Å²) in [7, 11) is 0. The number of amides is 1. The molecule has 1 amide bonds. The van der Waals surface area contributed by atoms with Crippen LogP contribution in [0.3, 0.4) is 0 Å². The molecule has 2 aromatic carbocycles. The Morgan fingerprint density at radius 2 is 2.08 bits per heavy atom. The second-order valence-electron chi connectivity index (χ2n) is 6.41. The highest BCUT2D eigenvalue weighted by Gasteiger charge is 2.20. The van der Waals surface area contributed by atoms with Gasteiger partial charge in [-0.15, -0.1) is 0 Å². The SMILES string of the molecule is CC(OCC1CCCO1)C(=O)Nc1ccc2c(c1)oc1ccccc12. The molecular formula is C20H21NO4. The van der Waals surface area contributed by atoms with Crippen molar-refractivity contribution in [2.24, 2.45) is 0 Å². The standard InChI is InChI=1S/C20H21NO4/c1-13(24-12-15-5-4-10-23-15)20(22)21-14-8-9-17-16-6-2-3-7-18(16)25-19(17)11-14/h2-3,6-9,11,13,15H,4-5,10,12H2,1H3,(H,21,22). The Labute approximate surface area is 145 Å². The first kappa shape index (κ1) is 16.1. The summed E-state index contributed by atoms with van der Waals surface area (Å²) in [5.41, 5.74) is 2.30. The second-order valence-corrected chi connectivity index (χ2v) is 6.41. The van der Waals surface area contributed by atoms with Crippen LogP contribution in [0.4, 0.5) is 5.69 Å². The summed E-state index contributed by atoms with van der Waals surface area (Å²) in [6.45, 7) is 2.99. The van der Waals surface area contributed by atoms with Crippen molar-refractivity contribution in [1.29, 1.82) is 0 Å². The van der Waals surface area contributed by atoms with E-state index < -0.39 is 6.10 Å². The van der Waals surface area contributed by atoms with E-state index in [9.17, 15) is 4.79 Å². The number of para-hydroxylation sites is 1. The van der Waals surface area contributed by atoms with Crippen LogP contribution in [0.15, 0.2) is 46.9 Å². The van der Waals surface area contributed by atoms with Gasteiger partial charge in [-0.3, -0.25) is 4.79 Å². The predicted octanol–water partition coefficient (Wildman–Crippen LogP) is 4.11. The van der Waals surface area contributed by atoms with Crippen LogP contribution < -0.4 is 5.32 Å². The number of fused-ring (bicyclic) bond motifs is 3. The summed E-state index contributed by atoms with van der Waals surface area (Å²) >= 11 is 0. The zero-order chi connectivity index (χ0) is 17.2. The average molecular weight is 339 g/mol. The lowest BCUT2D eigenvalue weighted by Gasteiger charge is -2.16. The summed E-state index contributed by atoms with van der Waals surface area (Å²) in [4.78, 5) is 12.3. The fourth-order valence-electron chi connectivity index (χ4n) is 3.15. The van der Waals surface area contributed by atoms with E-state index in [4.69, 9.17) is 13.9 Å². The summed E-state index contributed by atoms with van der Waals surface area (Å²) in [6.07, 6.45) is 1.64. The number of anilines is 1. The molecule has 0 bridgehead atoms. The van der Waals surface area contributed by atoms with Crippen LogP contribution >= 0.6 is 0 Å². The van der Waals surface area contributed by atoms with Crippen LogP contribution in [0, 0.1) is 0 Å². The van der Waals surface area contributed by atoms with Gasteiger partial charge in [0.25, 0.3) is 5.91 Å². The molecule has 1 aliphatic heterocycles. The second kappa shape index (κ2) is 6.86. The highest BCUT2D eigenvalue weighted by Crippen LogP contribution is 2.30. The van der Waals surface area contributed by atoms with Crippen molar-refractivity contribution in [2.75, 3.05) is 18.5 Å². The zero-order valence-electron chi connectivity index (χ0n) is 14.2. The molecule has 5 heteroatoms. The van der Waals surface area contributed by atoms with Crippen molar-refractivity contribution in [2.45, 2.75) is 32.0 Å². The molecule has 1 aliphatic rings. The first-order valence-electron chi connectivity index (χ1n) is 8.66. The molecule has 2 atom stereocenters. The maximum atomic E-state index is 12.3. The third-order valence-electron chi connectivity index (χ3n) is 4.57. The molecule has 25 heavy (non-hydrogen) atoms. The Morgan fingerprint density at radius 1 is 1.24 bits per heavy atom. The summed E-state index contributed by atoms with van der Waals surface area (Å²) < 4.78 is 17.0. The van der Waals surface area contributed by atoms with Crippen LogP contribution in [-0.4, -0.2) is 31.3 Å². The molecule has 1 aromatic heterocycles. The average Bonchev–Trinajstić information content (AvgIpc) is 3.26. The molecule has 5 nitrogen and oxygen atoms in total. The van der Waals surface area contributed by atoms with Gasteiger partial charge >= 0.3 is 0 Å². The number of hydrogen-bond donors (Lipinski definition) is 1. The van der Waals surface area contributed by atoms with E-state index in [1.54, 1.807) is 6.92 Å². The topological polar surface area (TPSA) is 60.7 Å². The van der Waals surface area contributed by atoms with E-state index in [1.807, 2.05) is 42.5 Å². The van der Waals surface area contributed by atoms with Crippen molar-refractivity contribution in [3.63, 3.8) is 0 Å². The number of carbonyl (C=O) groups is 1. The van der Waals surface area contributed by atoms with Gasteiger partial charge in [0.15, 0.2) is 0 Å². The van der Waals surface area contributed by atoms with Crippen molar-refractivity contribution in [3.05, 3.63) is 42.5 Å². The maximum Gasteiger partial charge on any atom is 0.253 e. The number of rotatable bonds is 5. The fraction of sp³-hybridized carbons (Fsp3) is 0.350. The van der Waals surface area contributed by atoms with E-state index in [-0.39, 0.29) is 12.0 Å². The Kier molecular flexibility index (Phi) is 4.42. The number of nitrogens with one attached hydrogen (secondary N) is 1. The van der Waals surface area contributed by atoms with Gasteiger partial charge < -0.3 is 19.2 Å². The molecule has 1 N–H and O–H groups in total. The normalized spacial score (nSPS) is 18.7. The Hall–Kier alpha value is -2.37. The summed E-state index contributed by atoms with van der Waals surface area (Å²) in [5, 5.41) is 5.00. The van der Waals surface area contributed by atoms with Gasteiger partial charge in [-0.1, -0.05) is 18.2 Å². The molecule has 0 aliphatic carbocycles. The molecule has 0 spiro atoms. The van der Waals surface area contributed by atoms with Gasteiger partial charge in [0, 0.05) is 29.1 Å². The van der Waals surface area contributed by atoms with Gasteiger partial charge in [-0.2, -0.15) is 0 Å². The molecule has 1 saturated heterocycles. The van der Waals surface area contributed by atoms with Gasteiger partial charge in [0.1, 0.15) is 17.3 Å². The van der Waals surface area contributed by atoms with Crippen molar-refractivity contribution in [3.8, 4) is 0 Å². The number of carbonyl (C=O) groups excluding carboxylic acids is 1. The smallest absolute Gasteiger partial charge is 0.253 e. The van der Waals surface area contributed by atoms with Gasteiger partial charge in [0.2, 0.25) is 0 Å². The first-order valence-corrected chi connectivity index (χ1v) is 8.66. The van der Waals surface area contributed by atoms with E-state index in [0.717, 1.165) is 41.4 Å². The minimum Gasteiger partial charge on any atom is -0.456 e. The van der Waals surface area contributed by atoms with Crippen molar-refractivity contribution >= 4 is 33.5 Å². The summed E-state index contributed by atoms with van der Waals surface area (Å²) in [6, 6.07) is 13.6. The molecule has 2 heterocycles. The van der Waals surface area contributed by atoms with Gasteiger partial charge in [-0.05, 0) is 38.0 Å². The molecule has 1 fully saturated rings. The number of ether oxygens (including phenoxy) is 2. The third kappa shape index (κ3) is 3.38. The number of furan rings is 1. The number of hydrogen-bond acceptors (Lipinski definition) is 4. The highest BCUT2D eigenvalue weighted by atomic mass is 16.5. The molecule has 3 aromatic rings. The van der Waals surface area contributed by atoms with Crippen LogP contribution in [0.5, 0.6) is 0 Å². The molecule has 0 saturated carbocycles. The Bertz CT molecular complexity index is 895. The molecule has 4 rings (SSSR count). The van der Waals surface area contributed by atoms with Crippen LogP contribution in [0.1, 0.15) is 19.8 Å². The van der Waals surface area contributed by atoms with E-state index in [2.05, 4.69) is 5.32 Å². The molecule has 130 valence electrons. The van der Waals surface area contributed by atoms with E-state index >= 15 is 0 Å². The minimum absolute atomic E-state index is 0.113. The first-order chi connectivity index (χ1) is 12.2. The predicted molar refractivity (Wildman–Crippen MR) is 96.7 cm³/mol. The Balaban J connectivity index is 1.44. The van der Waals surface area contributed by atoms with Crippen molar-refractivity contribution < 1.29 is 18.7 Å².